The summed E-state index contributed by atoms with van der Waals surface area (Å²) < 4.78 is 12.0. The van der Waals surface area contributed by atoms with E-state index in [2.05, 4.69) is 10.3 Å². The molecule has 0 saturated carbocycles. The lowest BCUT2D eigenvalue weighted by molar-refractivity contribution is 0.102. The molecule has 116 valence electrons. The molecule has 0 spiro atoms. The molecule has 0 unspecified atom stereocenters. The predicted molar refractivity (Wildman–Crippen MR) is 87.7 cm³/mol. The fourth-order valence-corrected chi connectivity index (χ4v) is 2.83. The average Bonchev–Trinajstić information content (AvgIpc) is 2.49. The molecule has 0 fully saturated rings. The van der Waals surface area contributed by atoms with E-state index >= 15 is 0 Å². The molecule has 0 aliphatic heterocycles. The summed E-state index contributed by atoms with van der Waals surface area (Å²) >= 11 is 0. The molecule has 0 aliphatic carbocycles. The van der Waals surface area contributed by atoms with Crippen LogP contribution in [-0.4, -0.2) is 20.3 Å². The van der Waals surface area contributed by atoms with Gasteiger partial charge in [0.05, 0.1) is 10.8 Å². The van der Waals surface area contributed by atoms with Gasteiger partial charge in [-0.1, -0.05) is 13.8 Å². The van der Waals surface area contributed by atoms with Crippen molar-refractivity contribution in [1.82, 2.24) is 4.98 Å². The van der Waals surface area contributed by atoms with Crippen molar-refractivity contribution in [3.63, 3.8) is 0 Å². The predicted octanol–water partition coefficient (Wildman–Crippen LogP) is 2.45. The van der Waals surface area contributed by atoms with Gasteiger partial charge >= 0.3 is 0 Å². The number of aromatic amines is 1. The van der Waals surface area contributed by atoms with Gasteiger partial charge in [-0.2, -0.15) is 0 Å². The molecule has 0 bridgehead atoms. The van der Waals surface area contributed by atoms with Gasteiger partial charge in [-0.15, -0.1) is 0 Å². The molecule has 2 N–H and O–H groups in total. The Balaban J connectivity index is 2.16. The average molecular weight is 318 g/mol. The molecule has 22 heavy (non-hydrogen) atoms. The minimum absolute atomic E-state index is 0.0193. The lowest BCUT2D eigenvalue weighted by atomic mass is 10.2. The third-order valence-electron chi connectivity index (χ3n) is 3.08. The van der Waals surface area contributed by atoms with Crippen LogP contribution in [-0.2, 0) is 10.8 Å². The number of carbonyl (C=O) groups is 1. The lowest BCUT2D eigenvalue weighted by Crippen LogP contribution is -2.20. The highest BCUT2D eigenvalue weighted by Gasteiger charge is 2.11. The Kier molecular flexibility index (Phi) is 4.92. The van der Waals surface area contributed by atoms with Crippen molar-refractivity contribution >= 4 is 22.4 Å². The topological polar surface area (TPSA) is 79.0 Å². The molecule has 1 amide bonds. The van der Waals surface area contributed by atoms with Crippen LogP contribution < -0.4 is 10.9 Å². The van der Waals surface area contributed by atoms with E-state index in [-0.39, 0.29) is 22.4 Å². The van der Waals surface area contributed by atoms with Crippen LogP contribution in [0, 0.1) is 6.92 Å². The zero-order valence-electron chi connectivity index (χ0n) is 12.7. The smallest absolute Gasteiger partial charge is 0.271 e. The van der Waals surface area contributed by atoms with E-state index in [1.807, 2.05) is 13.8 Å². The van der Waals surface area contributed by atoms with Crippen molar-refractivity contribution < 1.29 is 9.00 Å². The molecule has 1 heterocycles. The Hall–Kier alpha value is -2.21. The van der Waals surface area contributed by atoms with Crippen LogP contribution in [0.15, 0.2) is 46.1 Å². The van der Waals surface area contributed by atoms with Crippen molar-refractivity contribution in [2.75, 3.05) is 5.32 Å². The molecule has 1 atom stereocenters. The second-order valence-electron chi connectivity index (χ2n) is 5.21. The molecular weight excluding hydrogens is 300 g/mol. The number of nitrogens with one attached hydrogen (secondary N) is 2. The Morgan fingerprint density at radius 1 is 1.14 bits per heavy atom. The second kappa shape index (κ2) is 6.70. The van der Waals surface area contributed by atoms with Gasteiger partial charge in [0.25, 0.3) is 11.5 Å². The van der Waals surface area contributed by atoms with Gasteiger partial charge in [0.1, 0.15) is 5.69 Å². The second-order valence-corrected chi connectivity index (χ2v) is 7.22. The Bertz CT molecular complexity index is 764. The highest BCUT2D eigenvalue weighted by atomic mass is 32.2. The number of benzene rings is 1. The van der Waals surface area contributed by atoms with E-state index < -0.39 is 10.8 Å². The highest BCUT2D eigenvalue weighted by Crippen LogP contribution is 2.13. The maximum atomic E-state index is 12.1. The first kappa shape index (κ1) is 16.2. The quantitative estimate of drug-likeness (QED) is 0.909. The standard InChI is InChI=1S/C16H18N2O3S/c1-10(2)22(21)13-7-5-12(6-8-13)15(19)18-14-9-4-11(3)17-16(14)20/h4-10H,1-3H3,(H,17,20)(H,18,19)/t22-/m1/s1. The molecule has 0 aliphatic rings. The number of pyridine rings is 1. The number of aromatic nitrogens is 1. The third-order valence-corrected chi connectivity index (χ3v) is 4.67. The molecule has 1 aromatic heterocycles. The zero-order valence-corrected chi connectivity index (χ0v) is 13.5. The summed E-state index contributed by atoms with van der Waals surface area (Å²) in [7, 11) is -1.09. The minimum atomic E-state index is -1.09. The molecular formula is C16H18N2O3S. The van der Waals surface area contributed by atoms with Crippen LogP contribution in [0.4, 0.5) is 5.69 Å². The maximum Gasteiger partial charge on any atom is 0.271 e. The van der Waals surface area contributed by atoms with Crippen LogP contribution in [0.25, 0.3) is 0 Å². The minimum Gasteiger partial charge on any atom is -0.325 e. The van der Waals surface area contributed by atoms with Gasteiger partial charge < -0.3 is 10.3 Å². The Morgan fingerprint density at radius 3 is 2.32 bits per heavy atom. The third kappa shape index (κ3) is 3.71. The number of hydrogen-bond donors (Lipinski definition) is 2. The van der Waals surface area contributed by atoms with E-state index in [1.165, 1.54) is 0 Å². The van der Waals surface area contributed by atoms with Crippen LogP contribution in [0.3, 0.4) is 0 Å². The van der Waals surface area contributed by atoms with Crippen LogP contribution in [0.2, 0.25) is 0 Å². The first-order valence-electron chi connectivity index (χ1n) is 6.90. The van der Waals surface area contributed by atoms with Gasteiger partial charge in [-0.3, -0.25) is 13.8 Å². The van der Waals surface area contributed by atoms with Crippen LogP contribution in [0.1, 0.15) is 29.9 Å². The summed E-state index contributed by atoms with van der Waals surface area (Å²) in [5.74, 6) is -0.378. The monoisotopic (exact) mass is 318 g/mol. The van der Waals surface area contributed by atoms with Crippen molar-refractivity contribution in [2.45, 2.75) is 30.9 Å². The number of hydrogen-bond acceptors (Lipinski definition) is 3. The molecule has 6 heteroatoms. The number of H-pyrrole nitrogens is 1. The van der Waals surface area contributed by atoms with E-state index in [4.69, 9.17) is 0 Å². The summed E-state index contributed by atoms with van der Waals surface area (Å²) in [5, 5.41) is 2.59. The SMILES string of the molecule is Cc1ccc(NC(=O)c2ccc([S@](=O)C(C)C)cc2)c(=O)[nH]1. The Labute approximate surface area is 131 Å². The number of carbonyl (C=O) groups excluding carboxylic acids is 1. The van der Waals surface area contributed by atoms with Gasteiger partial charge in [0.15, 0.2) is 0 Å². The van der Waals surface area contributed by atoms with E-state index in [1.54, 1.807) is 43.3 Å². The molecule has 2 aromatic rings. The van der Waals surface area contributed by atoms with Gasteiger partial charge in [-0.25, -0.2) is 0 Å². The normalized spacial score (nSPS) is 12.2. The van der Waals surface area contributed by atoms with Gasteiger partial charge in [-0.05, 0) is 43.3 Å². The van der Waals surface area contributed by atoms with E-state index in [0.717, 1.165) is 5.69 Å². The Morgan fingerprint density at radius 2 is 1.77 bits per heavy atom. The summed E-state index contributed by atoms with van der Waals surface area (Å²) in [4.78, 5) is 27.1. The first-order valence-corrected chi connectivity index (χ1v) is 8.11. The first-order chi connectivity index (χ1) is 10.4. The van der Waals surface area contributed by atoms with Gasteiger partial charge in [0.2, 0.25) is 0 Å². The molecule has 2 rings (SSSR count). The van der Waals surface area contributed by atoms with Crippen LogP contribution in [0.5, 0.6) is 0 Å². The van der Waals surface area contributed by atoms with Crippen molar-refractivity contribution in [3.05, 3.63) is 58.0 Å². The number of aryl methyl sites for hydroxylation is 1. The van der Waals surface area contributed by atoms with Crippen molar-refractivity contribution in [3.8, 4) is 0 Å². The fourth-order valence-electron chi connectivity index (χ4n) is 1.88. The molecule has 0 saturated heterocycles. The fraction of sp³-hybridized carbons (Fsp3) is 0.250. The van der Waals surface area contributed by atoms with Crippen LogP contribution >= 0.6 is 0 Å². The number of amides is 1. The molecule has 1 aromatic carbocycles. The van der Waals surface area contributed by atoms with Crippen molar-refractivity contribution in [1.29, 1.82) is 0 Å². The van der Waals surface area contributed by atoms with E-state index in [0.29, 0.717) is 10.5 Å². The van der Waals surface area contributed by atoms with E-state index in [9.17, 15) is 13.8 Å². The molecule has 0 radical (unpaired) electrons. The maximum absolute atomic E-state index is 12.1. The summed E-state index contributed by atoms with van der Waals surface area (Å²) in [5.41, 5.74) is 0.990. The lowest BCUT2D eigenvalue weighted by Gasteiger charge is -2.07. The largest absolute Gasteiger partial charge is 0.325 e. The summed E-state index contributed by atoms with van der Waals surface area (Å²) in [6.07, 6.45) is 0. The summed E-state index contributed by atoms with van der Waals surface area (Å²) in [6.45, 7) is 5.52. The molecule has 5 nitrogen and oxygen atoms in total. The summed E-state index contributed by atoms with van der Waals surface area (Å²) in [6, 6.07) is 9.83. The number of rotatable bonds is 4. The number of anilines is 1. The van der Waals surface area contributed by atoms with Gasteiger partial charge in [0, 0.05) is 21.4 Å². The van der Waals surface area contributed by atoms with Crippen molar-refractivity contribution in [2.24, 2.45) is 0 Å². The zero-order chi connectivity index (χ0) is 16.3. The highest BCUT2D eigenvalue weighted by molar-refractivity contribution is 7.85.